The Hall–Kier alpha value is -2.61. The summed E-state index contributed by atoms with van der Waals surface area (Å²) >= 11 is 0.933. The van der Waals surface area contributed by atoms with Crippen LogP contribution in [-0.4, -0.2) is 9.55 Å². The second kappa shape index (κ2) is 7.33. The Kier molecular flexibility index (Phi) is 5.13. The van der Waals surface area contributed by atoms with Crippen LogP contribution in [0.1, 0.15) is 11.3 Å². The number of hydrogen-bond acceptors (Lipinski definition) is 3. The van der Waals surface area contributed by atoms with Crippen LogP contribution >= 0.6 is 11.8 Å². The van der Waals surface area contributed by atoms with Gasteiger partial charge in [0.2, 0.25) is 0 Å². The Morgan fingerprint density at radius 2 is 1.73 bits per heavy atom. The Balaban J connectivity index is 2.05. The number of para-hydroxylation sites is 1. The fourth-order valence-electron chi connectivity index (χ4n) is 2.29. The van der Waals surface area contributed by atoms with Gasteiger partial charge in [0.15, 0.2) is 10.9 Å². The molecule has 134 valence electrons. The second-order valence-corrected chi connectivity index (χ2v) is 6.29. The number of halogens is 4. The topological polar surface area (TPSA) is 34.9 Å². The fourth-order valence-corrected chi connectivity index (χ4v) is 3.26. The zero-order valence-electron chi connectivity index (χ0n) is 13.2. The highest BCUT2D eigenvalue weighted by atomic mass is 32.2. The molecule has 0 saturated heterocycles. The molecule has 3 nitrogen and oxygen atoms in total. The van der Waals surface area contributed by atoms with E-state index in [1.807, 2.05) is 0 Å². The van der Waals surface area contributed by atoms with Crippen LogP contribution < -0.4 is 5.56 Å². The summed E-state index contributed by atoms with van der Waals surface area (Å²) < 4.78 is 53.5. The van der Waals surface area contributed by atoms with Gasteiger partial charge < -0.3 is 0 Å². The van der Waals surface area contributed by atoms with Gasteiger partial charge in [-0.3, -0.25) is 9.36 Å². The normalized spacial score (nSPS) is 11.5. The lowest BCUT2D eigenvalue weighted by Crippen LogP contribution is -2.24. The average molecular weight is 380 g/mol. The fraction of sp³-hybridized carbons (Fsp3) is 0.111. The first-order chi connectivity index (χ1) is 12.3. The van der Waals surface area contributed by atoms with E-state index in [2.05, 4.69) is 4.98 Å². The minimum Gasteiger partial charge on any atom is -0.269 e. The van der Waals surface area contributed by atoms with Crippen molar-refractivity contribution < 1.29 is 17.6 Å². The first kappa shape index (κ1) is 18.2. The lowest BCUT2D eigenvalue weighted by molar-refractivity contribution is -0.141. The van der Waals surface area contributed by atoms with Crippen molar-refractivity contribution in [3.63, 3.8) is 0 Å². The summed E-state index contributed by atoms with van der Waals surface area (Å²) in [5.74, 6) is -0.279. The molecule has 0 aliphatic heterocycles. The third-order valence-electron chi connectivity index (χ3n) is 3.45. The quantitative estimate of drug-likeness (QED) is 0.374. The molecule has 0 aliphatic carbocycles. The van der Waals surface area contributed by atoms with Crippen molar-refractivity contribution in [1.82, 2.24) is 9.55 Å². The van der Waals surface area contributed by atoms with E-state index in [4.69, 9.17) is 0 Å². The third kappa shape index (κ3) is 4.13. The number of nitrogens with zero attached hydrogens (tertiary/aromatic N) is 2. The van der Waals surface area contributed by atoms with Gasteiger partial charge in [-0.05, 0) is 29.8 Å². The first-order valence-corrected chi connectivity index (χ1v) is 8.47. The van der Waals surface area contributed by atoms with Crippen molar-refractivity contribution in [2.45, 2.75) is 17.1 Å². The Morgan fingerprint density at radius 1 is 1.00 bits per heavy atom. The maximum Gasteiger partial charge on any atom is 0.433 e. The zero-order chi connectivity index (χ0) is 18.7. The highest BCUT2D eigenvalue weighted by Crippen LogP contribution is 2.30. The molecule has 0 unspecified atom stereocenters. The van der Waals surface area contributed by atoms with Crippen molar-refractivity contribution in [3.05, 3.63) is 88.1 Å². The van der Waals surface area contributed by atoms with Crippen LogP contribution in [0.2, 0.25) is 0 Å². The molecule has 0 bridgehead atoms. The predicted octanol–water partition coefficient (Wildman–Crippen LogP) is 4.68. The van der Waals surface area contributed by atoms with Gasteiger partial charge in [0.1, 0.15) is 5.82 Å². The molecule has 0 aliphatic rings. The molecule has 0 radical (unpaired) electrons. The lowest BCUT2D eigenvalue weighted by Gasteiger charge is -2.14. The number of benzene rings is 2. The molecule has 2 aromatic carbocycles. The van der Waals surface area contributed by atoms with Crippen LogP contribution in [0.4, 0.5) is 17.6 Å². The highest BCUT2D eigenvalue weighted by Gasteiger charge is 2.34. The Labute approximate surface area is 150 Å². The largest absolute Gasteiger partial charge is 0.433 e. The zero-order valence-corrected chi connectivity index (χ0v) is 14.0. The first-order valence-electron chi connectivity index (χ1n) is 7.48. The number of thioether (sulfide) groups is 1. The van der Waals surface area contributed by atoms with Gasteiger partial charge in [0.05, 0.1) is 5.69 Å². The maximum absolute atomic E-state index is 13.3. The summed E-state index contributed by atoms with van der Waals surface area (Å²) in [6, 6.07) is 14.4. The summed E-state index contributed by atoms with van der Waals surface area (Å²) in [6.45, 7) is 0. The molecule has 26 heavy (non-hydrogen) atoms. The van der Waals surface area contributed by atoms with E-state index in [1.54, 1.807) is 36.4 Å². The van der Waals surface area contributed by atoms with E-state index >= 15 is 0 Å². The minimum absolute atomic E-state index is 0.111. The van der Waals surface area contributed by atoms with Gasteiger partial charge in [0, 0.05) is 11.8 Å². The minimum atomic E-state index is -4.73. The molecule has 3 rings (SSSR count). The molecule has 0 spiro atoms. The third-order valence-corrected chi connectivity index (χ3v) is 4.46. The van der Waals surface area contributed by atoms with Crippen LogP contribution in [0.25, 0.3) is 5.69 Å². The Morgan fingerprint density at radius 3 is 2.38 bits per heavy atom. The predicted molar refractivity (Wildman–Crippen MR) is 90.8 cm³/mol. The van der Waals surface area contributed by atoms with E-state index in [0.29, 0.717) is 17.3 Å². The van der Waals surface area contributed by atoms with Crippen LogP contribution in [0.3, 0.4) is 0 Å². The number of alkyl halides is 3. The molecule has 0 amide bonds. The van der Waals surface area contributed by atoms with Crippen molar-refractivity contribution in [3.8, 4) is 5.69 Å². The molecule has 3 aromatic rings. The molecule has 0 atom stereocenters. The van der Waals surface area contributed by atoms with Gasteiger partial charge >= 0.3 is 6.18 Å². The van der Waals surface area contributed by atoms with E-state index in [1.165, 1.54) is 18.2 Å². The number of aromatic nitrogens is 2. The highest BCUT2D eigenvalue weighted by molar-refractivity contribution is 7.98. The van der Waals surface area contributed by atoms with Crippen molar-refractivity contribution in [1.29, 1.82) is 0 Å². The van der Waals surface area contributed by atoms with E-state index < -0.39 is 23.2 Å². The summed E-state index contributed by atoms with van der Waals surface area (Å²) in [4.78, 5) is 15.9. The second-order valence-electron chi connectivity index (χ2n) is 5.35. The summed E-state index contributed by atoms with van der Waals surface area (Å²) in [6.07, 6.45) is -4.73. The molecule has 0 N–H and O–H groups in total. The van der Waals surface area contributed by atoms with Gasteiger partial charge in [-0.25, -0.2) is 9.37 Å². The summed E-state index contributed by atoms with van der Waals surface area (Å²) in [5.41, 5.74) is -1.11. The van der Waals surface area contributed by atoms with E-state index in [0.717, 1.165) is 16.3 Å². The smallest absolute Gasteiger partial charge is 0.269 e. The molecule has 0 saturated carbocycles. The average Bonchev–Trinajstić information content (AvgIpc) is 2.59. The molecule has 1 heterocycles. The number of hydrogen-bond donors (Lipinski definition) is 0. The van der Waals surface area contributed by atoms with Crippen LogP contribution in [0.15, 0.2) is 70.6 Å². The van der Waals surface area contributed by atoms with Crippen LogP contribution in [0.5, 0.6) is 0 Å². The molecule has 0 fully saturated rings. The van der Waals surface area contributed by atoms with Gasteiger partial charge in [0.25, 0.3) is 5.56 Å². The van der Waals surface area contributed by atoms with Crippen LogP contribution in [-0.2, 0) is 11.9 Å². The molecule has 1 aromatic heterocycles. The standard InChI is InChI=1S/C18H12F4N2OS/c19-13-6-4-5-12(9-13)11-26-17-23-15(18(20,21)22)10-16(25)24(17)14-7-2-1-3-8-14/h1-10H,11H2. The Bertz CT molecular complexity index is 971. The lowest BCUT2D eigenvalue weighted by atomic mass is 10.2. The van der Waals surface area contributed by atoms with Gasteiger partial charge in [-0.2, -0.15) is 13.2 Å². The SMILES string of the molecule is O=c1cc(C(F)(F)F)nc(SCc2cccc(F)c2)n1-c1ccccc1. The number of rotatable bonds is 4. The molecular formula is C18H12F4N2OS. The van der Waals surface area contributed by atoms with Crippen molar-refractivity contribution in [2.75, 3.05) is 0 Å². The molecular weight excluding hydrogens is 368 g/mol. The van der Waals surface area contributed by atoms with E-state index in [-0.39, 0.29) is 10.9 Å². The summed E-state index contributed by atoms with van der Waals surface area (Å²) in [7, 11) is 0. The van der Waals surface area contributed by atoms with Gasteiger partial charge in [-0.15, -0.1) is 0 Å². The monoisotopic (exact) mass is 380 g/mol. The van der Waals surface area contributed by atoms with Crippen molar-refractivity contribution in [2.24, 2.45) is 0 Å². The van der Waals surface area contributed by atoms with E-state index in [9.17, 15) is 22.4 Å². The van der Waals surface area contributed by atoms with Gasteiger partial charge in [-0.1, -0.05) is 42.1 Å². The molecule has 8 heteroatoms. The van der Waals surface area contributed by atoms with Crippen LogP contribution in [0, 0.1) is 5.82 Å². The summed E-state index contributed by atoms with van der Waals surface area (Å²) in [5, 5.41) is -0.111. The maximum atomic E-state index is 13.3. The van der Waals surface area contributed by atoms with Crippen molar-refractivity contribution >= 4 is 11.8 Å².